The number of anilines is 1. The van der Waals surface area contributed by atoms with Crippen LogP contribution in [0.3, 0.4) is 0 Å². The molecule has 0 aliphatic carbocycles. The van der Waals surface area contributed by atoms with Gasteiger partial charge in [-0.05, 0) is 52.3 Å². The SMILES string of the molecule is CC(C)(C)c1ccc2c(c1)[C@H]1OC(CO)CC[C@H]1[C@@H](c1ccsc1)N2. The van der Waals surface area contributed by atoms with Crippen LogP contribution in [-0.2, 0) is 10.2 Å². The Hall–Kier alpha value is -1.36. The molecule has 0 bridgehead atoms. The Kier molecular flexibility index (Phi) is 4.38. The fraction of sp³-hybridized carbons (Fsp3) is 0.524. The van der Waals surface area contributed by atoms with Crippen LogP contribution in [0.5, 0.6) is 0 Å². The summed E-state index contributed by atoms with van der Waals surface area (Å²) in [6.45, 7) is 6.84. The molecule has 0 spiro atoms. The molecule has 0 saturated carbocycles. The van der Waals surface area contributed by atoms with Crippen LogP contribution in [-0.4, -0.2) is 17.8 Å². The standard InChI is InChI=1S/C21H27NO2S/c1-21(2,3)14-4-7-18-17(10-14)20-16(6-5-15(11-23)24-20)19(22-18)13-8-9-25-12-13/h4,7-10,12,15-16,19-20,22-23H,5-6,11H2,1-3H3/t15?,16-,19+,20-/m0/s1. The van der Waals surface area contributed by atoms with Gasteiger partial charge >= 0.3 is 0 Å². The number of hydrogen-bond acceptors (Lipinski definition) is 4. The number of fused-ring (bicyclic) bond motifs is 3. The molecule has 134 valence electrons. The lowest BCUT2D eigenvalue weighted by Gasteiger charge is -2.45. The number of rotatable bonds is 2. The molecule has 1 aromatic heterocycles. The van der Waals surface area contributed by atoms with Gasteiger partial charge in [0.15, 0.2) is 0 Å². The zero-order valence-corrected chi connectivity index (χ0v) is 16.0. The lowest BCUT2D eigenvalue weighted by molar-refractivity contribution is -0.110. The summed E-state index contributed by atoms with van der Waals surface area (Å²) in [6.07, 6.45) is 2.00. The average Bonchev–Trinajstić information content (AvgIpc) is 3.13. The van der Waals surface area contributed by atoms with Gasteiger partial charge in [-0.15, -0.1) is 0 Å². The number of benzene rings is 1. The highest BCUT2D eigenvalue weighted by molar-refractivity contribution is 7.08. The minimum Gasteiger partial charge on any atom is -0.394 e. The minimum absolute atomic E-state index is 0.0476. The molecular formula is C21H27NO2S. The van der Waals surface area contributed by atoms with Gasteiger partial charge in [0, 0.05) is 17.2 Å². The summed E-state index contributed by atoms with van der Waals surface area (Å²) in [7, 11) is 0. The lowest BCUT2D eigenvalue weighted by atomic mass is 9.75. The molecule has 2 aliphatic heterocycles. The fourth-order valence-corrected chi connectivity index (χ4v) is 4.84. The van der Waals surface area contributed by atoms with E-state index in [4.69, 9.17) is 4.74 Å². The van der Waals surface area contributed by atoms with E-state index < -0.39 is 0 Å². The lowest BCUT2D eigenvalue weighted by Crippen LogP contribution is -2.40. The van der Waals surface area contributed by atoms with Gasteiger partial charge in [0.2, 0.25) is 0 Å². The van der Waals surface area contributed by atoms with Gasteiger partial charge < -0.3 is 15.2 Å². The highest BCUT2D eigenvalue weighted by Gasteiger charge is 2.42. The molecule has 1 unspecified atom stereocenters. The van der Waals surface area contributed by atoms with E-state index in [1.54, 1.807) is 11.3 Å². The summed E-state index contributed by atoms with van der Waals surface area (Å²) in [5.74, 6) is 0.403. The van der Waals surface area contributed by atoms with Crippen molar-refractivity contribution in [3.63, 3.8) is 0 Å². The summed E-state index contributed by atoms with van der Waals surface area (Å²) < 4.78 is 6.38. The molecule has 1 saturated heterocycles. The number of aliphatic hydroxyl groups is 1. The van der Waals surface area contributed by atoms with Crippen molar-refractivity contribution < 1.29 is 9.84 Å². The van der Waals surface area contributed by atoms with Crippen LogP contribution in [0.4, 0.5) is 5.69 Å². The van der Waals surface area contributed by atoms with Crippen molar-refractivity contribution in [2.24, 2.45) is 5.92 Å². The van der Waals surface area contributed by atoms with Crippen molar-refractivity contribution in [1.82, 2.24) is 0 Å². The molecule has 2 aliphatic rings. The largest absolute Gasteiger partial charge is 0.394 e. The Morgan fingerprint density at radius 2 is 2.08 bits per heavy atom. The Labute approximate surface area is 154 Å². The maximum Gasteiger partial charge on any atom is 0.0900 e. The molecule has 4 heteroatoms. The number of hydrogen-bond donors (Lipinski definition) is 2. The second-order valence-corrected chi connectivity index (χ2v) is 9.11. The quantitative estimate of drug-likeness (QED) is 0.791. The number of aliphatic hydroxyl groups excluding tert-OH is 1. The summed E-state index contributed by atoms with van der Waals surface area (Å²) in [6, 6.07) is 9.24. The van der Waals surface area contributed by atoms with E-state index in [0.29, 0.717) is 5.92 Å². The molecule has 1 fully saturated rings. The Morgan fingerprint density at radius 1 is 1.24 bits per heavy atom. The first-order chi connectivity index (χ1) is 12.0. The van der Waals surface area contributed by atoms with Crippen LogP contribution < -0.4 is 5.32 Å². The van der Waals surface area contributed by atoms with Crippen LogP contribution in [0.1, 0.15) is 62.4 Å². The van der Waals surface area contributed by atoms with E-state index >= 15 is 0 Å². The summed E-state index contributed by atoms with van der Waals surface area (Å²) in [4.78, 5) is 0. The Morgan fingerprint density at radius 3 is 2.76 bits per heavy atom. The third-order valence-electron chi connectivity index (χ3n) is 5.62. The normalized spacial score (nSPS) is 28.8. The van der Waals surface area contributed by atoms with Crippen LogP contribution in [0.15, 0.2) is 35.0 Å². The molecule has 4 rings (SSSR count). The highest BCUT2D eigenvalue weighted by atomic mass is 32.1. The molecule has 4 atom stereocenters. The molecule has 2 N–H and O–H groups in total. The third kappa shape index (κ3) is 3.12. The van der Waals surface area contributed by atoms with Crippen LogP contribution in [0.2, 0.25) is 0 Å². The topological polar surface area (TPSA) is 41.5 Å². The van der Waals surface area contributed by atoms with E-state index in [0.717, 1.165) is 12.8 Å². The second-order valence-electron chi connectivity index (χ2n) is 8.33. The van der Waals surface area contributed by atoms with Crippen LogP contribution in [0.25, 0.3) is 0 Å². The van der Waals surface area contributed by atoms with Gasteiger partial charge in [-0.2, -0.15) is 11.3 Å². The predicted octanol–water partition coefficient (Wildman–Crippen LogP) is 5.04. The van der Waals surface area contributed by atoms with Crippen molar-refractivity contribution in [2.45, 2.75) is 57.3 Å². The smallest absolute Gasteiger partial charge is 0.0900 e. The molecule has 3 heterocycles. The first-order valence-electron chi connectivity index (χ1n) is 9.17. The fourth-order valence-electron chi connectivity index (χ4n) is 4.14. The van der Waals surface area contributed by atoms with Gasteiger partial charge in [0.25, 0.3) is 0 Å². The summed E-state index contributed by atoms with van der Waals surface area (Å²) in [5, 5.41) is 17.8. The van der Waals surface area contributed by atoms with Crippen molar-refractivity contribution in [3.05, 3.63) is 51.7 Å². The first-order valence-corrected chi connectivity index (χ1v) is 10.1. The zero-order valence-electron chi connectivity index (χ0n) is 15.2. The van der Waals surface area contributed by atoms with Gasteiger partial charge in [0.05, 0.1) is 24.9 Å². The first kappa shape index (κ1) is 17.1. The zero-order chi connectivity index (χ0) is 17.6. The van der Waals surface area contributed by atoms with Gasteiger partial charge in [-0.1, -0.05) is 32.9 Å². The van der Waals surface area contributed by atoms with Gasteiger partial charge in [-0.25, -0.2) is 0 Å². The third-order valence-corrected chi connectivity index (χ3v) is 6.32. The van der Waals surface area contributed by atoms with Crippen molar-refractivity contribution in [1.29, 1.82) is 0 Å². The molecule has 1 aromatic carbocycles. The highest BCUT2D eigenvalue weighted by Crippen LogP contribution is 2.51. The average molecular weight is 358 g/mol. The number of ether oxygens (including phenoxy) is 1. The molecule has 3 nitrogen and oxygen atoms in total. The van der Waals surface area contributed by atoms with E-state index in [1.807, 2.05) is 0 Å². The van der Waals surface area contributed by atoms with Gasteiger partial charge in [-0.3, -0.25) is 0 Å². The van der Waals surface area contributed by atoms with Gasteiger partial charge in [0.1, 0.15) is 0 Å². The van der Waals surface area contributed by atoms with E-state index in [1.165, 1.54) is 22.4 Å². The van der Waals surface area contributed by atoms with Crippen molar-refractivity contribution in [3.8, 4) is 0 Å². The minimum atomic E-state index is -0.0476. The molecular weight excluding hydrogens is 330 g/mol. The van der Waals surface area contributed by atoms with Crippen LogP contribution in [0, 0.1) is 5.92 Å². The van der Waals surface area contributed by atoms with E-state index in [-0.39, 0.29) is 30.3 Å². The molecule has 0 amide bonds. The maximum atomic E-state index is 9.62. The molecule has 0 radical (unpaired) electrons. The molecule has 25 heavy (non-hydrogen) atoms. The van der Waals surface area contributed by atoms with Crippen molar-refractivity contribution in [2.75, 3.05) is 11.9 Å². The van der Waals surface area contributed by atoms with E-state index in [9.17, 15) is 5.11 Å². The Balaban J connectivity index is 1.77. The van der Waals surface area contributed by atoms with Crippen molar-refractivity contribution >= 4 is 17.0 Å². The number of nitrogens with one attached hydrogen (secondary N) is 1. The molecule has 2 aromatic rings. The van der Waals surface area contributed by atoms with Crippen LogP contribution >= 0.6 is 11.3 Å². The Bertz CT molecular complexity index is 735. The maximum absolute atomic E-state index is 9.62. The monoisotopic (exact) mass is 357 g/mol. The summed E-state index contributed by atoms with van der Waals surface area (Å²) >= 11 is 1.74. The number of thiophene rings is 1. The second kappa shape index (κ2) is 6.42. The summed E-state index contributed by atoms with van der Waals surface area (Å²) in [5.41, 5.74) is 5.21. The van der Waals surface area contributed by atoms with E-state index in [2.05, 4.69) is 61.1 Å². The predicted molar refractivity (Wildman–Crippen MR) is 103 cm³/mol.